The molecule has 1 aliphatic rings. The second kappa shape index (κ2) is 8.63. The SMILES string of the molecule is O=C(NCCN1CCOCC1)c1cc(Nc2c(F)cccc2F)ncn1. The van der Waals surface area contributed by atoms with Crippen molar-refractivity contribution >= 4 is 17.4 Å². The monoisotopic (exact) mass is 363 g/mol. The molecule has 138 valence electrons. The Balaban J connectivity index is 1.58. The van der Waals surface area contributed by atoms with Crippen molar-refractivity contribution < 1.29 is 18.3 Å². The van der Waals surface area contributed by atoms with Crippen LogP contribution in [0.4, 0.5) is 20.3 Å². The van der Waals surface area contributed by atoms with Crippen LogP contribution in [0, 0.1) is 11.6 Å². The van der Waals surface area contributed by atoms with Crippen molar-refractivity contribution in [3.05, 3.63) is 47.9 Å². The normalized spacial score (nSPS) is 14.8. The van der Waals surface area contributed by atoms with Crippen molar-refractivity contribution in [3.63, 3.8) is 0 Å². The smallest absolute Gasteiger partial charge is 0.270 e. The van der Waals surface area contributed by atoms with Crippen molar-refractivity contribution in [2.75, 3.05) is 44.7 Å². The van der Waals surface area contributed by atoms with Gasteiger partial charge in [0.2, 0.25) is 0 Å². The molecule has 1 fully saturated rings. The summed E-state index contributed by atoms with van der Waals surface area (Å²) in [6, 6.07) is 4.87. The molecular weight excluding hydrogens is 344 g/mol. The predicted molar refractivity (Wildman–Crippen MR) is 91.3 cm³/mol. The summed E-state index contributed by atoms with van der Waals surface area (Å²) in [5, 5.41) is 5.31. The van der Waals surface area contributed by atoms with Gasteiger partial charge in [0.05, 0.1) is 13.2 Å². The summed E-state index contributed by atoms with van der Waals surface area (Å²) in [7, 11) is 0. The molecule has 1 aromatic carbocycles. The minimum absolute atomic E-state index is 0.112. The number of carbonyl (C=O) groups is 1. The Labute approximate surface area is 149 Å². The molecule has 0 spiro atoms. The van der Waals surface area contributed by atoms with Gasteiger partial charge in [-0.25, -0.2) is 18.7 Å². The number of halogens is 2. The number of aromatic nitrogens is 2. The van der Waals surface area contributed by atoms with E-state index in [1.165, 1.54) is 12.1 Å². The first-order valence-corrected chi connectivity index (χ1v) is 8.25. The lowest BCUT2D eigenvalue weighted by atomic mass is 10.3. The van der Waals surface area contributed by atoms with E-state index in [2.05, 4.69) is 25.5 Å². The second-order valence-corrected chi connectivity index (χ2v) is 5.72. The molecular formula is C17H19F2N5O2. The average molecular weight is 363 g/mol. The van der Waals surface area contributed by atoms with E-state index in [0.717, 1.165) is 31.5 Å². The fourth-order valence-electron chi connectivity index (χ4n) is 2.54. The summed E-state index contributed by atoms with van der Waals surface area (Å²) in [4.78, 5) is 22.2. The first kappa shape index (κ1) is 18.2. The van der Waals surface area contributed by atoms with Gasteiger partial charge in [-0.2, -0.15) is 0 Å². The molecule has 0 unspecified atom stereocenters. The van der Waals surface area contributed by atoms with Crippen molar-refractivity contribution in [2.45, 2.75) is 0 Å². The number of rotatable bonds is 6. The molecule has 1 amide bonds. The Morgan fingerprint density at radius 1 is 1.19 bits per heavy atom. The van der Waals surface area contributed by atoms with Gasteiger partial charge in [0.15, 0.2) is 0 Å². The standard InChI is InChI=1S/C17H19F2N5O2/c18-12-2-1-3-13(19)16(12)23-15-10-14(21-11-22-15)17(25)20-4-5-24-6-8-26-9-7-24/h1-3,10-11H,4-9H2,(H,20,25)(H,21,22,23). The van der Waals surface area contributed by atoms with E-state index in [-0.39, 0.29) is 23.1 Å². The van der Waals surface area contributed by atoms with Gasteiger partial charge >= 0.3 is 0 Å². The third-order valence-electron chi connectivity index (χ3n) is 3.93. The van der Waals surface area contributed by atoms with E-state index in [1.807, 2.05) is 0 Å². The maximum atomic E-state index is 13.7. The van der Waals surface area contributed by atoms with E-state index < -0.39 is 11.6 Å². The Hall–Kier alpha value is -2.65. The Bertz CT molecular complexity index is 748. The molecule has 0 radical (unpaired) electrons. The van der Waals surface area contributed by atoms with Gasteiger partial charge in [0.25, 0.3) is 5.91 Å². The van der Waals surface area contributed by atoms with Crippen LogP contribution in [-0.4, -0.2) is 60.2 Å². The fraction of sp³-hybridized carbons (Fsp3) is 0.353. The quantitative estimate of drug-likeness (QED) is 0.811. The molecule has 0 atom stereocenters. The van der Waals surface area contributed by atoms with Crippen LogP contribution in [0.1, 0.15) is 10.5 Å². The lowest BCUT2D eigenvalue weighted by Gasteiger charge is -2.26. The van der Waals surface area contributed by atoms with Crippen LogP contribution in [0.3, 0.4) is 0 Å². The molecule has 26 heavy (non-hydrogen) atoms. The first-order valence-electron chi connectivity index (χ1n) is 8.25. The highest BCUT2D eigenvalue weighted by Gasteiger charge is 2.14. The summed E-state index contributed by atoms with van der Waals surface area (Å²) in [6.07, 6.45) is 1.16. The van der Waals surface area contributed by atoms with E-state index in [9.17, 15) is 13.6 Å². The average Bonchev–Trinajstić information content (AvgIpc) is 2.66. The number of nitrogens with zero attached hydrogens (tertiary/aromatic N) is 3. The lowest BCUT2D eigenvalue weighted by Crippen LogP contribution is -2.41. The van der Waals surface area contributed by atoms with Gasteiger partial charge in [-0.15, -0.1) is 0 Å². The Morgan fingerprint density at radius 3 is 2.65 bits per heavy atom. The van der Waals surface area contributed by atoms with Gasteiger partial charge in [-0.3, -0.25) is 9.69 Å². The zero-order valence-electron chi connectivity index (χ0n) is 14.0. The van der Waals surface area contributed by atoms with E-state index >= 15 is 0 Å². The van der Waals surface area contributed by atoms with Crippen LogP contribution in [0.5, 0.6) is 0 Å². The van der Waals surface area contributed by atoms with Gasteiger partial charge < -0.3 is 15.4 Å². The Kier molecular flexibility index (Phi) is 6.03. The van der Waals surface area contributed by atoms with Crippen LogP contribution in [0.2, 0.25) is 0 Å². The largest absolute Gasteiger partial charge is 0.379 e. The number of anilines is 2. The summed E-state index contributed by atoms with van der Waals surface area (Å²) in [5.41, 5.74) is -0.217. The third kappa shape index (κ3) is 4.70. The molecule has 1 aliphatic heterocycles. The molecule has 9 heteroatoms. The summed E-state index contributed by atoms with van der Waals surface area (Å²) in [5.74, 6) is -1.75. The highest BCUT2D eigenvalue weighted by molar-refractivity contribution is 5.92. The van der Waals surface area contributed by atoms with Crippen LogP contribution in [0.15, 0.2) is 30.6 Å². The molecule has 3 rings (SSSR count). The van der Waals surface area contributed by atoms with E-state index in [1.54, 1.807) is 0 Å². The first-order chi connectivity index (χ1) is 12.6. The highest BCUT2D eigenvalue weighted by atomic mass is 19.1. The van der Waals surface area contributed by atoms with E-state index in [4.69, 9.17) is 4.74 Å². The van der Waals surface area contributed by atoms with Gasteiger partial charge in [-0.05, 0) is 12.1 Å². The lowest BCUT2D eigenvalue weighted by molar-refractivity contribution is 0.0383. The van der Waals surface area contributed by atoms with Gasteiger partial charge in [0, 0.05) is 32.2 Å². The van der Waals surface area contributed by atoms with Crippen LogP contribution < -0.4 is 10.6 Å². The van der Waals surface area contributed by atoms with Crippen LogP contribution >= 0.6 is 0 Å². The van der Waals surface area contributed by atoms with Crippen molar-refractivity contribution in [3.8, 4) is 0 Å². The molecule has 0 saturated carbocycles. The highest BCUT2D eigenvalue weighted by Crippen LogP contribution is 2.21. The van der Waals surface area contributed by atoms with Crippen molar-refractivity contribution in [1.82, 2.24) is 20.2 Å². The van der Waals surface area contributed by atoms with Crippen LogP contribution in [0.25, 0.3) is 0 Å². The number of carbonyl (C=O) groups excluding carboxylic acids is 1. The van der Waals surface area contributed by atoms with Crippen molar-refractivity contribution in [1.29, 1.82) is 0 Å². The van der Waals surface area contributed by atoms with Crippen molar-refractivity contribution in [2.24, 2.45) is 0 Å². The fourth-order valence-corrected chi connectivity index (χ4v) is 2.54. The summed E-state index contributed by atoms with van der Waals surface area (Å²) < 4.78 is 32.7. The molecule has 7 nitrogen and oxygen atoms in total. The Morgan fingerprint density at radius 2 is 1.92 bits per heavy atom. The number of benzene rings is 1. The minimum Gasteiger partial charge on any atom is -0.379 e. The maximum Gasteiger partial charge on any atom is 0.270 e. The molecule has 2 N–H and O–H groups in total. The molecule has 1 aromatic heterocycles. The molecule has 0 bridgehead atoms. The maximum absolute atomic E-state index is 13.7. The second-order valence-electron chi connectivity index (χ2n) is 5.72. The van der Waals surface area contributed by atoms with Gasteiger partial charge in [-0.1, -0.05) is 6.07 Å². The number of hydrogen-bond acceptors (Lipinski definition) is 6. The molecule has 1 saturated heterocycles. The third-order valence-corrected chi connectivity index (χ3v) is 3.93. The number of amides is 1. The number of nitrogens with one attached hydrogen (secondary N) is 2. The van der Waals surface area contributed by atoms with Gasteiger partial charge in [0.1, 0.15) is 35.2 Å². The van der Waals surface area contributed by atoms with Crippen LogP contribution in [-0.2, 0) is 4.74 Å². The number of ether oxygens (including phenoxy) is 1. The predicted octanol–water partition coefficient (Wildman–Crippen LogP) is 1.56. The summed E-state index contributed by atoms with van der Waals surface area (Å²) in [6.45, 7) is 4.25. The number of para-hydroxylation sites is 1. The molecule has 2 aromatic rings. The zero-order valence-corrected chi connectivity index (χ0v) is 14.0. The van der Waals surface area contributed by atoms with E-state index in [0.29, 0.717) is 26.3 Å². The molecule has 0 aliphatic carbocycles. The minimum atomic E-state index is -0.750. The summed E-state index contributed by atoms with van der Waals surface area (Å²) >= 11 is 0. The zero-order chi connectivity index (χ0) is 18.4. The molecule has 2 heterocycles. The topological polar surface area (TPSA) is 79.4 Å². The number of morpholine rings is 1. The number of hydrogen-bond donors (Lipinski definition) is 2.